The van der Waals surface area contributed by atoms with Crippen molar-refractivity contribution in [3.05, 3.63) is 81.8 Å². The molecule has 1 aromatic heterocycles. The number of aryl methyl sites for hydroxylation is 1. The molecule has 1 aliphatic carbocycles. The van der Waals surface area contributed by atoms with Gasteiger partial charge in [-0.05, 0) is 67.8 Å². The summed E-state index contributed by atoms with van der Waals surface area (Å²) in [5.41, 5.74) is 4.19. The number of carbonyl (C=O) groups is 3. The van der Waals surface area contributed by atoms with E-state index in [1.165, 1.54) is 31.4 Å². The number of ether oxygens (including phenoxy) is 1. The first-order chi connectivity index (χ1) is 17.0. The van der Waals surface area contributed by atoms with Gasteiger partial charge in [0, 0.05) is 34.5 Å². The summed E-state index contributed by atoms with van der Waals surface area (Å²) in [6.07, 6.45) is 5.21. The minimum Gasteiger partial charge on any atom is -0.465 e. The first-order valence-corrected chi connectivity index (χ1v) is 11.2. The van der Waals surface area contributed by atoms with E-state index < -0.39 is 5.97 Å². The monoisotopic (exact) mass is 467 g/mol. The third-order valence-electron chi connectivity index (χ3n) is 6.21. The Labute approximate surface area is 201 Å². The molecule has 0 fully saturated rings. The summed E-state index contributed by atoms with van der Waals surface area (Å²) < 4.78 is 10.6. The number of hydrogen-bond donors (Lipinski definition) is 2. The molecule has 2 N–H and O–H groups in total. The van der Waals surface area contributed by atoms with Gasteiger partial charge in [-0.3, -0.25) is 9.59 Å². The van der Waals surface area contributed by atoms with Crippen molar-refractivity contribution in [2.24, 2.45) is 0 Å². The second kappa shape index (κ2) is 8.95. The number of methoxy groups -OCH3 is 1. The highest BCUT2D eigenvalue weighted by Gasteiger charge is 2.28. The summed E-state index contributed by atoms with van der Waals surface area (Å²) in [6, 6.07) is 13.4. The van der Waals surface area contributed by atoms with Crippen molar-refractivity contribution in [1.82, 2.24) is 0 Å². The van der Waals surface area contributed by atoms with Crippen LogP contribution in [0.4, 0.5) is 11.4 Å². The van der Waals surface area contributed by atoms with Crippen molar-refractivity contribution in [2.75, 3.05) is 17.7 Å². The summed E-state index contributed by atoms with van der Waals surface area (Å²) in [4.78, 5) is 37.0. The second-order valence-electron chi connectivity index (χ2n) is 8.36. The molecule has 1 aliphatic heterocycles. The van der Waals surface area contributed by atoms with Crippen LogP contribution in [-0.2, 0) is 22.4 Å². The highest BCUT2D eigenvalue weighted by atomic mass is 16.5. The molecule has 3 aromatic rings. The predicted molar refractivity (Wildman–Crippen MR) is 129 cm³/mol. The van der Waals surface area contributed by atoms with Crippen LogP contribution in [0.2, 0.25) is 0 Å². The summed E-state index contributed by atoms with van der Waals surface area (Å²) in [5, 5.41) is 15.3. The highest BCUT2D eigenvalue weighted by Crippen LogP contribution is 2.37. The fraction of sp³-hybridized carbons (Fsp3) is 0.185. The molecule has 0 saturated heterocycles. The lowest BCUT2D eigenvalue weighted by Gasteiger charge is -2.08. The Balaban J connectivity index is 1.43. The zero-order chi connectivity index (χ0) is 24.5. The SMILES string of the molecule is COC(=O)c1ccc(C(=O)Nc2ccc3c(c2)C(=Cc2oc4c(c2C#N)CCCC4)C(=O)N3)cc1. The third-order valence-corrected chi connectivity index (χ3v) is 6.21. The van der Waals surface area contributed by atoms with E-state index in [9.17, 15) is 19.6 Å². The van der Waals surface area contributed by atoms with E-state index in [4.69, 9.17) is 4.42 Å². The molecule has 2 amide bonds. The number of benzene rings is 2. The van der Waals surface area contributed by atoms with Gasteiger partial charge in [-0.15, -0.1) is 0 Å². The molecule has 0 atom stereocenters. The van der Waals surface area contributed by atoms with Gasteiger partial charge >= 0.3 is 5.97 Å². The van der Waals surface area contributed by atoms with E-state index in [0.717, 1.165) is 37.0 Å². The Hall–Kier alpha value is -4.64. The van der Waals surface area contributed by atoms with Gasteiger partial charge in [-0.25, -0.2) is 4.79 Å². The molecule has 5 rings (SSSR count). The smallest absolute Gasteiger partial charge is 0.337 e. The maximum Gasteiger partial charge on any atom is 0.337 e. The molecule has 8 nitrogen and oxygen atoms in total. The van der Waals surface area contributed by atoms with Gasteiger partial charge in [-0.1, -0.05) is 0 Å². The largest absolute Gasteiger partial charge is 0.465 e. The number of fused-ring (bicyclic) bond motifs is 2. The van der Waals surface area contributed by atoms with Crippen LogP contribution in [0.5, 0.6) is 0 Å². The number of anilines is 2. The number of nitrogens with zero attached hydrogens (tertiary/aromatic N) is 1. The molecule has 2 aromatic carbocycles. The van der Waals surface area contributed by atoms with Crippen LogP contribution in [-0.4, -0.2) is 24.9 Å². The van der Waals surface area contributed by atoms with Crippen LogP contribution in [0.3, 0.4) is 0 Å². The number of rotatable bonds is 4. The van der Waals surface area contributed by atoms with Gasteiger partial charge in [0.25, 0.3) is 11.8 Å². The van der Waals surface area contributed by atoms with Crippen LogP contribution in [0.15, 0.2) is 46.9 Å². The molecule has 0 saturated carbocycles. The first kappa shape index (κ1) is 22.2. The van der Waals surface area contributed by atoms with Crippen LogP contribution in [0, 0.1) is 11.3 Å². The standard InChI is InChI=1S/C27H21N3O5/c1-34-27(33)16-8-6-15(7-9-16)25(31)29-17-10-11-22-19(12-17)20(26(32)30-22)13-24-21(14-28)18-4-2-3-5-23(18)35-24/h6-13H,2-5H2,1H3,(H,29,31)(H,30,32). The Morgan fingerprint density at radius 1 is 1.11 bits per heavy atom. The normalized spacial score (nSPS) is 15.1. The van der Waals surface area contributed by atoms with E-state index in [1.54, 1.807) is 24.3 Å². The van der Waals surface area contributed by atoms with Gasteiger partial charge < -0.3 is 19.8 Å². The summed E-state index contributed by atoms with van der Waals surface area (Å²) in [5.74, 6) is 0.0499. The summed E-state index contributed by atoms with van der Waals surface area (Å²) in [6.45, 7) is 0. The second-order valence-corrected chi connectivity index (χ2v) is 8.36. The molecule has 174 valence electrons. The molecular weight excluding hydrogens is 446 g/mol. The van der Waals surface area contributed by atoms with Crippen molar-refractivity contribution >= 4 is 40.8 Å². The lowest BCUT2D eigenvalue weighted by molar-refractivity contribution is -0.110. The number of carbonyl (C=O) groups excluding carboxylic acids is 3. The van der Waals surface area contributed by atoms with E-state index in [-0.39, 0.29) is 11.8 Å². The number of hydrogen-bond acceptors (Lipinski definition) is 6. The highest BCUT2D eigenvalue weighted by molar-refractivity contribution is 6.35. The molecule has 0 unspecified atom stereocenters. The maximum absolute atomic E-state index is 12.7. The van der Waals surface area contributed by atoms with Gasteiger partial charge in [0.15, 0.2) is 0 Å². The average Bonchev–Trinajstić information content (AvgIpc) is 3.39. The van der Waals surface area contributed by atoms with E-state index in [0.29, 0.717) is 45.0 Å². The number of esters is 1. The number of nitriles is 1. The van der Waals surface area contributed by atoms with Crippen LogP contribution in [0.1, 0.15) is 61.8 Å². The quantitative estimate of drug-likeness (QED) is 0.428. The van der Waals surface area contributed by atoms with Gasteiger partial charge in [0.05, 0.1) is 18.2 Å². The van der Waals surface area contributed by atoms with Crippen molar-refractivity contribution in [2.45, 2.75) is 25.7 Å². The number of furan rings is 1. The van der Waals surface area contributed by atoms with Gasteiger partial charge in [0.1, 0.15) is 23.2 Å². The van der Waals surface area contributed by atoms with Gasteiger partial charge in [0.2, 0.25) is 0 Å². The van der Waals surface area contributed by atoms with E-state index >= 15 is 0 Å². The minimum atomic E-state index is -0.482. The molecule has 0 radical (unpaired) electrons. The summed E-state index contributed by atoms with van der Waals surface area (Å²) >= 11 is 0. The molecule has 35 heavy (non-hydrogen) atoms. The van der Waals surface area contributed by atoms with Crippen molar-refractivity contribution in [3.63, 3.8) is 0 Å². The zero-order valence-electron chi connectivity index (χ0n) is 18.9. The Morgan fingerprint density at radius 3 is 2.60 bits per heavy atom. The molecule has 0 bridgehead atoms. The molecule has 8 heteroatoms. The lowest BCUT2D eigenvalue weighted by atomic mass is 9.94. The fourth-order valence-electron chi connectivity index (χ4n) is 4.43. The predicted octanol–water partition coefficient (Wildman–Crippen LogP) is 4.56. The summed E-state index contributed by atoms with van der Waals surface area (Å²) in [7, 11) is 1.29. The molecule has 2 heterocycles. The lowest BCUT2D eigenvalue weighted by Crippen LogP contribution is -2.12. The van der Waals surface area contributed by atoms with Crippen LogP contribution < -0.4 is 10.6 Å². The molecular formula is C27H21N3O5. The van der Waals surface area contributed by atoms with Crippen LogP contribution in [0.25, 0.3) is 11.6 Å². The van der Waals surface area contributed by atoms with Gasteiger partial charge in [-0.2, -0.15) is 5.26 Å². The minimum absolute atomic E-state index is 0.305. The Morgan fingerprint density at radius 2 is 1.86 bits per heavy atom. The average molecular weight is 467 g/mol. The van der Waals surface area contributed by atoms with E-state index in [1.807, 2.05) is 0 Å². The van der Waals surface area contributed by atoms with Crippen molar-refractivity contribution in [3.8, 4) is 6.07 Å². The fourth-order valence-corrected chi connectivity index (χ4v) is 4.43. The van der Waals surface area contributed by atoms with Crippen molar-refractivity contribution < 1.29 is 23.5 Å². The Kier molecular flexibility index (Phi) is 5.67. The van der Waals surface area contributed by atoms with Crippen molar-refractivity contribution in [1.29, 1.82) is 5.26 Å². The van der Waals surface area contributed by atoms with E-state index in [2.05, 4.69) is 21.4 Å². The van der Waals surface area contributed by atoms with Crippen LogP contribution >= 0.6 is 0 Å². The number of amides is 2. The Bertz CT molecular complexity index is 1440. The molecule has 2 aliphatic rings. The topological polar surface area (TPSA) is 121 Å². The third kappa shape index (κ3) is 4.08. The molecule has 0 spiro atoms. The maximum atomic E-state index is 12.7. The number of nitrogens with one attached hydrogen (secondary N) is 2. The first-order valence-electron chi connectivity index (χ1n) is 11.2. The zero-order valence-corrected chi connectivity index (χ0v) is 18.9.